The van der Waals surface area contributed by atoms with Crippen molar-refractivity contribution in [2.24, 2.45) is 5.92 Å². The molecule has 0 saturated carbocycles. The van der Waals surface area contributed by atoms with Crippen molar-refractivity contribution >= 4 is 12.0 Å². The van der Waals surface area contributed by atoms with E-state index < -0.39 is 0 Å². The van der Waals surface area contributed by atoms with E-state index in [1.807, 2.05) is 36.1 Å². The van der Waals surface area contributed by atoms with Crippen LogP contribution >= 0.6 is 0 Å². The molecule has 0 radical (unpaired) electrons. The Morgan fingerprint density at radius 2 is 1.94 bits per heavy atom. The van der Waals surface area contributed by atoms with Crippen molar-refractivity contribution in [1.29, 1.82) is 0 Å². The molecule has 1 aromatic carbocycles. The van der Waals surface area contributed by atoms with Crippen molar-refractivity contribution in [1.82, 2.24) is 24.8 Å². The maximum atomic E-state index is 13.1. The van der Waals surface area contributed by atoms with Gasteiger partial charge in [0.2, 0.25) is 17.6 Å². The molecular weight excluding hydrogens is 410 g/mol. The van der Waals surface area contributed by atoms with Crippen molar-refractivity contribution in [3.8, 4) is 11.4 Å². The fourth-order valence-corrected chi connectivity index (χ4v) is 4.39. The maximum absolute atomic E-state index is 13.1. The lowest BCUT2D eigenvalue weighted by Crippen LogP contribution is -2.53. The van der Waals surface area contributed by atoms with E-state index in [2.05, 4.69) is 15.0 Å². The monoisotopic (exact) mass is 441 g/mol. The number of hydrogen-bond donors (Lipinski definition) is 0. The number of carbonyl (C=O) groups excluding carboxylic acids is 2. The summed E-state index contributed by atoms with van der Waals surface area (Å²) in [7, 11) is 0. The summed E-state index contributed by atoms with van der Waals surface area (Å²) in [6.07, 6.45) is 1.54. The Morgan fingerprint density at radius 3 is 2.69 bits per heavy atom. The van der Waals surface area contributed by atoms with Crippen LogP contribution in [0.5, 0.6) is 0 Å². The van der Waals surface area contributed by atoms with Crippen LogP contribution in [-0.2, 0) is 16.1 Å². The van der Waals surface area contributed by atoms with E-state index in [0.29, 0.717) is 57.6 Å². The standard InChI is InChI=1S/C23H31N5O4/c1-3-31-23(30)28-12-10-27(11-13-28)22(29)19-8-5-9-26(15-19)16-20-24-21(25-32-20)18-7-4-6-17(2)14-18/h4,6-7,14,19H,3,5,8-13,15-16H2,1-2H3. The van der Waals surface area contributed by atoms with E-state index in [9.17, 15) is 9.59 Å². The fraction of sp³-hybridized carbons (Fsp3) is 0.565. The number of nitrogens with zero attached hydrogens (tertiary/aromatic N) is 5. The predicted molar refractivity (Wildman–Crippen MR) is 118 cm³/mol. The van der Waals surface area contributed by atoms with Gasteiger partial charge in [-0.15, -0.1) is 0 Å². The number of rotatable bonds is 5. The molecule has 2 aliphatic heterocycles. The molecule has 1 aromatic heterocycles. The maximum Gasteiger partial charge on any atom is 0.409 e. The Bertz CT molecular complexity index is 938. The number of aryl methyl sites for hydroxylation is 1. The molecular formula is C23H31N5O4. The number of ether oxygens (including phenoxy) is 1. The van der Waals surface area contributed by atoms with E-state index in [0.717, 1.165) is 30.5 Å². The molecule has 0 bridgehead atoms. The van der Waals surface area contributed by atoms with Crippen LogP contribution in [0.25, 0.3) is 11.4 Å². The average molecular weight is 442 g/mol. The van der Waals surface area contributed by atoms with Crippen LogP contribution in [0.3, 0.4) is 0 Å². The van der Waals surface area contributed by atoms with Gasteiger partial charge in [0.05, 0.1) is 19.1 Å². The van der Waals surface area contributed by atoms with Crippen LogP contribution in [0, 0.1) is 12.8 Å². The molecule has 2 amide bonds. The minimum absolute atomic E-state index is 0.0444. The quantitative estimate of drug-likeness (QED) is 0.704. The van der Waals surface area contributed by atoms with E-state index in [1.54, 1.807) is 11.8 Å². The first-order valence-electron chi connectivity index (χ1n) is 11.4. The zero-order valence-corrected chi connectivity index (χ0v) is 18.8. The van der Waals surface area contributed by atoms with Crippen LogP contribution in [0.4, 0.5) is 4.79 Å². The number of hydrogen-bond acceptors (Lipinski definition) is 7. The first-order chi connectivity index (χ1) is 15.5. The molecule has 2 aromatic rings. The molecule has 1 atom stereocenters. The minimum Gasteiger partial charge on any atom is -0.450 e. The second-order valence-electron chi connectivity index (χ2n) is 8.47. The molecule has 0 N–H and O–H groups in total. The highest BCUT2D eigenvalue weighted by molar-refractivity contribution is 5.79. The highest BCUT2D eigenvalue weighted by Crippen LogP contribution is 2.22. The third-order valence-electron chi connectivity index (χ3n) is 6.08. The van der Waals surface area contributed by atoms with Gasteiger partial charge in [-0.2, -0.15) is 4.98 Å². The molecule has 2 fully saturated rings. The third-order valence-corrected chi connectivity index (χ3v) is 6.08. The molecule has 172 valence electrons. The highest BCUT2D eigenvalue weighted by atomic mass is 16.6. The first-order valence-corrected chi connectivity index (χ1v) is 11.4. The van der Waals surface area contributed by atoms with Crippen molar-refractivity contribution in [3.05, 3.63) is 35.7 Å². The summed E-state index contributed by atoms with van der Waals surface area (Å²) in [4.78, 5) is 35.3. The summed E-state index contributed by atoms with van der Waals surface area (Å²) in [5.41, 5.74) is 2.09. The molecule has 2 aliphatic rings. The predicted octanol–water partition coefficient (Wildman–Crippen LogP) is 2.56. The number of benzene rings is 1. The number of likely N-dealkylation sites (tertiary alicyclic amines) is 1. The van der Waals surface area contributed by atoms with Gasteiger partial charge in [-0.1, -0.05) is 28.9 Å². The lowest BCUT2D eigenvalue weighted by molar-refractivity contribution is -0.139. The molecule has 4 rings (SSSR count). The number of piperidine rings is 1. The molecule has 0 spiro atoms. The Kier molecular flexibility index (Phi) is 7.04. The first kappa shape index (κ1) is 22.3. The molecule has 0 aliphatic carbocycles. The molecule has 9 nitrogen and oxygen atoms in total. The normalized spacial score (nSPS) is 19.8. The van der Waals surface area contributed by atoms with Crippen molar-refractivity contribution < 1.29 is 18.8 Å². The van der Waals surface area contributed by atoms with Crippen LogP contribution in [-0.4, -0.2) is 82.7 Å². The molecule has 1 unspecified atom stereocenters. The van der Waals surface area contributed by atoms with E-state index in [1.165, 1.54) is 0 Å². The van der Waals surface area contributed by atoms with E-state index >= 15 is 0 Å². The Morgan fingerprint density at radius 1 is 1.16 bits per heavy atom. The number of carbonyl (C=O) groups is 2. The van der Waals surface area contributed by atoms with Crippen molar-refractivity contribution in [3.63, 3.8) is 0 Å². The van der Waals surface area contributed by atoms with Crippen LogP contribution in [0.1, 0.15) is 31.2 Å². The fourth-order valence-electron chi connectivity index (χ4n) is 4.39. The van der Waals surface area contributed by atoms with Gasteiger partial charge in [0.15, 0.2) is 0 Å². The second-order valence-corrected chi connectivity index (χ2v) is 8.47. The van der Waals surface area contributed by atoms with Gasteiger partial charge in [0.25, 0.3) is 0 Å². The Hall–Kier alpha value is -2.94. The van der Waals surface area contributed by atoms with Gasteiger partial charge in [-0.05, 0) is 39.3 Å². The summed E-state index contributed by atoms with van der Waals surface area (Å²) in [5, 5.41) is 4.12. The molecule has 32 heavy (non-hydrogen) atoms. The molecule has 3 heterocycles. The zero-order valence-electron chi connectivity index (χ0n) is 18.8. The Labute approximate surface area is 188 Å². The summed E-state index contributed by atoms with van der Waals surface area (Å²) in [5.74, 6) is 1.28. The largest absolute Gasteiger partial charge is 0.450 e. The number of piperazine rings is 1. The number of aromatic nitrogens is 2. The number of amides is 2. The lowest BCUT2D eigenvalue weighted by atomic mass is 9.96. The van der Waals surface area contributed by atoms with E-state index in [-0.39, 0.29) is 17.9 Å². The summed E-state index contributed by atoms with van der Waals surface area (Å²) < 4.78 is 10.5. The van der Waals surface area contributed by atoms with Crippen LogP contribution < -0.4 is 0 Å². The summed E-state index contributed by atoms with van der Waals surface area (Å²) in [6, 6.07) is 8.02. The van der Waals surface area contributed by atoms with E-state index in [4.69, 9.17) is 9.26 Å². The Balaban J connectivity index is 1.30. The van der Waals surface area contributed by atoms with Gasteiger partial charge >= 0.3 is 6.09 Å². The topological polar surface area (TPSA) is 92.0 Å². The van der Waals surface area contributed by atoms with Gasteiger partial charge in [0.1, 0.15) is 0 Å². The van der Waals surface area contributed by atoms with Gasteiger partial charge < -0.3 is 19.1 Å². The summed E-state index contributed by atoms with van der Waals surface area (Å²) in [6.45, 7) is 8.46. The third kappa shape index (κ3) is 5.27. The van der Waals surface area contributed by atoms with Crippen LogP contribution in [0.15, 0.2) is 28.8 Å². The summed E-state index contributed by atoms with van der Waals surface area (Å²) >= 11 is 0. The van der Waals surface area contributed by atoms with Gasteiger partial charge in [-0.3, -0.25) is 9.69 Å². The van der Waals surface area contributed by atoms with Crippen molar-refractivity contribution in [2.45, 2.75) is 33.2 Å². The van der Waals surface area contributed by atoms with Crippen molar-refractivity contribution in [2.75, 3.05) is 45.9 Å². The van der Waals surface area contributed by atoms with Gasteiger partial charge in [0, 0.05) is 38.3 Å². The second kappa shape index (κ2) is 10.1. The smallest absolute Gasteiger partial charge is 0.409 e. The van der Waals surface area contributed by atoms with Crippen LogP contribution in [0.2, 0.25) is 0 Å². The lowest BCUT2D eigenvalue weighted by Gasteiger charge is -2.38. The minimum atomic E-state index is -0.298. The SMILES string of the molecule is CCOC(=O)N1CCN(C(=O)C2CCCN(Cc3nc(-c4cccc(C)c4)no3)C2)CC1. The van der Waals surface area contributed by atoms with Gasteiger partial charge in [-0.25, -0.2) is 4.79 Å². The molecule has 2 saturated heterocycles. The zero-order chi connectivity index (χ0) is 22.5. The average Bonchev–Trinajstić information content (AvgIpc) is 3.27. The highest BCUT2D eigenvalue weighted by Gasteiger charge is 2.32. The molecule has 9 heteroatoms.